The van der Waals surface area contributed by atoms with E-state index in [4.69, 9.17) is 0 Å². The third-order valence-electron chi connectivity index (χ3n) is 5.48. The van der Waals surface area contributed by atoms with Gasteiger partial charge in [0.05, 0.1) is 10.5 Å². The van der Waals surface area contributed by atoms with E-state index >= 15 is 0 Å². The van der Waals surface area contributed by atoms with E-state index < -0.39 is 22.5 Å². The zero-order valence-corrected chi connectivity index (χ0v) is 17.1. The van der Waals surface area contributed by atoms with Crippen LogP contribution in [-0.2, 0) is 16.4 Å². The molecule has 0 atom stereocenters. The monoisotopic (exact) mass is 436 g/mol. The molecule has 2 heterocycles. The molecule has 30 heavy (non-hydrogen) atoms. The number of fused-ring (bicyclic) bond motifs is 1. The molecule has 0 aromatic heterocycles. The third kappa shape index (κ3) is 3.91. The van der Waals surface area contributed by atoms with Gasteiger partial charge in [-0.3, -0.25) is 4.79 Å². The summed E-state index contributed by atoms with van der Waals surface area (Å²) in [4.78, 5) is 14.7. The van der Waals surface area contributed by atoms with Crippen LogP contribution in [0.15, 0.2) is 47.4 Å². The molecule has 160 valence electrons. The predicted molar refractivity (Wildman–Crippen MR) is 108 cm³/mol. The number of hydrogen-bond donors (Lipinski definition) is 0. The highest BCUT2D eigenvalue weighted by Gasteiger charge is 2.31. The molecule has 4 rings (SSSR count). The standard InChI is InChI=1S/C21H22F2N2O4S/c22-21(23)29-19-7-3-2-6-17(19)20(26)25-13-10-15-14-16(8-9-18(15)25)30(27,28)24-11-4-1-5-12-24/h2-3,6-9,14,21H,1,4-5,10-13H2. The van der Waals surface area contributed by atoms with Crippen LogP contribution in [0.3, 0.4) is 0 Å². The van der Waals surface area contributed by atoms with Crippen LogP contribution in [0.25, 0.3) is 0 Å². The molecule has 2 aliphatic rings. The zero-order chi connectivity index (χ0) is 21.3. The summed E-state index contributed by atoms with van der Waals surface area (Å²) in [6.45, 7) is -1.66. The minimum atomic E-state index is -3.57. The van der Waals surface area contributed by atoms with E-state index in [2.05, 4.69) is 4.74 Å². The fourth-order valence-electron chi connectivity index (χ4n) is 3.99. The van der Waals surface area contributed by atoms with E-state index in [0.29, 0.717) is 31.7 Å². The predicted octanol–water partition coefficient (Wildman–Crippen LogP) is 3.67. The van der Waals surface area contributed by atoms with Crippen molar-refractivity contribution < 1.29 is 26.7 Å². The summed E-state index contributed by atoms with van der Waals surface area (Å²) in [5.74, 6) is -0.646. The number of amides is 1. The van der Waals surface area contributed by atoms with Gasteiger partial charge in [0.1, 0.15) is 5.75 Å². The van der Waals surface area contributed by atoms with Crippen molar-refractivity contribution in [2.75, 3.05) is 24.5 Å². The Hall–Kier alpha value is -2.52. The molecular formula is C21H22F2N2O4S. The van der Waals surface area contributed by atoms with E-state index in [9.17, 15) is 22.0 Å². The number of benzene rings is 2. The maximum absolute atomic E-state index is 13.0. The number of ether oxygens (including phenoxy) is 1. The molecular weight excluding hydrogens is 414 g/mol. The second-order valence-corrected chi connectivity index (χ2v) is 9.27. The number of carbonyl (C=O) groups is 1. The average Bonchev–Trinajstić information content (AvgIpc) is 3.17. The van der Waals surface area contributed by atoms with Crippen LogP contribution in [0, 0.1) is 0 Å². The van der Waals surface area contributed by atoms with Crippen LogP contribution in [0.4, 0.5) is 14.5 Å². The van der Waals surface area contributed by atoms with E-state index in [1.165, 1.54) is 33.5 Å². The average molecular weight is 436 g/mol. The Morgan fingerprint density at radius 2 is 1.73 bits per heavy atom. The minimum absolute atomic E-state index is 0.0377. The number of carbonyl (C=O) groups excluding carboxylic acids is 1. The minimum Gasteiger partial charge on any atom is -0.434 e. The number of nitrogens with zero attached hydrogens (tertiary/aromatic N) is 2. The van der Waals surface area contributed by atoms with E-state index in [-0.39, 0.29) is 16.2 Å². The molecule has 9 heteroatoms. The maximum Gasteiger partial charge on any atom is 0.387 e. The first kappa shape index (κ1) is 20.7. The number of para-hydroxylation sites is 1. The van der Waals surface area contributed by atoms with Crippen molar-refractivity contribution in [1.29, 1.82) is 0 Å². The first-order valence-electron chi connectivity index (χ1n) is 9.87. The lowest BCUT2D eigenvalue weighted by Crippen LogP contribution is -2.35. The van der Waals surface area contributed by atoms with E-state index in [0.717, 1.165) is 24.8 Å². The number of halogens is 2. The van der Waals surface area contributed by atoms with Gasteiger partial charge in [-0.2, -0.15) is 13.1 Å². The Bertz CT molecular complexity index is 1050. The largest absolute Gasteiger partial charge is 0.434 e. The third-order valence-corrected chi connectivity index (χ3v) is 7.37. The molecule has 0 spiro atoms. The van der Waals surface area contributed by atoms with Gasteiger partial charge >= 0.3 is 6.61 Å². The normalized spacial score (nSPS) is 17.2. The van der Waals surface area contributed by atoms with E-state index in [1.54, 1.807) is 18.2 Å². The lowest BCUT2D eigenvalue weighted by Gasteiger charge is -2.26. The molecule has 2 aliphatic heterocycles. The highest BCUT2D eigenvalue weighted by atomic mass is 32.2. The van der Waals surface area contributed by atoms with Gasteiger partial charge in [0.25, 0.3) is 5.91 Å². The van der Waals surface area contributed by atoms with Gasteiger partial charge in [-0.05, 0) is 55.2 Å². The van der Waals surface area contributed by atoms with Gasteiger partial charge < -0.3 is 9.64 Å². The molecule has 0 radical (unpaired) electrons. The number of anilines is 1. The van der Waals surface area contributed by atoms with Crippen molar-refractivity contribution in [3.05, 3.63) is 53.6 Å². The van der Waals surface area contributed by atoms with Gasteiger partial charge in [0, 0.05) is 25.3 Å². The maximum atomic E-state index is 13.0. The molecule has 2 aromatic rings. The lowest BCUT2D eigenvalue weighted by molar-refractivity contribution is -0.0501. The molecule has 0 saturated carbocycles. The van der Waals surface area contributed by atoms with Crippen LogP contribution in [0.5, 0.6) is 5.75 Å². The molecule has 1 amide bonds. The quantitative estimate of drug-likeness (QED) is 0.718. The number of rotatable bonds is 5. The van der Waals surface area contributed by atoms with Crippen LogP contribution in [0.1, 0.15) is 35.2 Å². The van der Waals surface area contributed by atoms with Gasteiger partial charge in [0.15, 0.2) is 0 Å². The summed E-state index contributed by atoms with van der Waals surface area (Å²) < 4.78 is 57.2. The van der Waals surface area contributed by atoms with Crippen molar-refractivity contribution in [2.24, 2.45) is 0 Å². The van der Waals surface area contributed by atoms with Crippen molar-refractivity contribution in [3.63, 3.8) is 0 Å². The van der Waals surface area contributed by atoms with Crippen molar-refractivity contribution in [1.82, 2.24) is 4.31 Å². The van der Waals surface area contributed by atoms with Gasteiger partial charge in [-0.15, -0.1) is 0 Å². The topological polar surface area (TPSA) is 66.9 Å². The summed E-state index contributed by atoms with van der Waals surface area (Å²) >= 11 is 0. The number of sulfonamides is 1. The first-order chi connectivity index (χ1) is 14.4. The molecule has 1 fully saturated rings. The van der Waals surface area contributed by atoms with Crippen LogP contribution in [0.2, 0.25) is 0 Å². The van der Waals surface area contributed by atoms with Crippen molar-refractivity contribution in [2.45, 2.75) is 37.2 Å². The molecule has 0 aliphatic carbocycles. The summed E-state index contributed by atoms with van der Waals surface area (Å²) in [5, 5.41) is 0. The number of alkyl halides is 2. The van der Waals surface area contributed by atoms with Crippen LogP contribution < -0.4 is 9.64 Å². The van der Waals surface area contributed by atoms with Gasteiger partial charge in [-0.1, -0.05) is 18.6 Å². The Morgan fingerprint density at radius 3 is 2.47 bits per heavy atom. The Labute approximate surface area is 174 Å². The second kappa shape index (κ2) is 8.31. The summed E-state index contributed by atoms with van der Waals surface area (Å²) in [6.07, 6.45) is 3.23. The second-order valence-electron chi connectivity index (χ2n) is 7.34. The number of hydrogen-bond acceptors (Lipinski definition) is 4. The fourth-order valence-corrected chi connectivity index (χ4v) is 5.56. The summed E-state index contributed by atoms with van der Waals surface area (Å²) in [5.41, 5.74) is 1.37. The first-order valence-corrected chi connectivity index (χ1v) is 11.3. The Morgan fingerprint density at radius 1 is 1.00 bits per heavy atom. The summed E-state index contributed by atoms with van der Waals surface area (Å²) in [7, 11) is -3.57. The van der Waals surface area contributed by atoms with Crippen LogP contribution in [-0.4, -0.2) is 44.9 Å². The highest BCUT2D eigenvalue weighted by Crippen LogP contribution is 2.34. The fraction of sp³-hybridized carbons (Fsp3) is 0.381. The smallest absolute Gasteiger partial charge is 0.387 e. The molecule has 6 nitrogen and oxygen atoms in total. The van der Waals surface area contributed by atoms with Crippen LogP contribution >= 0.6 is 0 Å². The van der Waals surface area contributed by atoms with Gasteiger partial charge in [-0.25, -0.2) is 8.42 Å². The van der Waals surface area contributed by atoms with Crippen molar-refractivity contribution in [3.8, 4) is 5.75 Å². The van der Waals surface area contributed by atoms with E-state index in [1.807, 2.05) is 0 Å². The molecule has 1 saturated heterocycles. The van der Waals surface area contributed by atoms with Crippen molar-refractivity contribution >= 4 is 21.6 Å². The zero-order valence-electron chi connectivity index (χ0n) is 16.3. The SMILES string of the molecule is O=C(c1ccccc1OC(F)F)N1CCc2cc(S(=O)(=O)N3CCCCC3)ccc21. The number of piperidine rings is 1. The highest BCUT2D eigenvalue weighted by molar-refractivity contribution is 7.89. The Kier molecular flexibility index (Phi) is 5.75. The lowest BCUT2D eigenvalue weighted by atomic mass is 10.1. The summed E-state index contributed by atoms with van der Waals surface area (Å²) in [6, 6.07) is 10.6. The molecule has 0 unspecified atom stereocenters. The molecule has 0 bridgehead atoms. The van der Waals surface area contributed by atoms with Gasteiger partial charge in [0.2, 0.25) is 10.0 Å². The molecule has 0 N–H and O–H groups in total. The molecule has 2 aromatic carbocycles. The Balaban J connectivity index is 1.61.